The number of carbonyl (C=O) groups is 1. The van der Waals surface area contributed by atoms with Gasteiger partial charge in [0, 0.05) is 0 Å². The number of carboxylic acids is 1. The quantitative estimate of drug-likeness (QED) is 0.347. The van der Waals surface area contributed by atoms with Gasteiger partial charge in [-0.1, -0.05) is 0 Å². The molecule has 0 aromatic heterocycles. The highest BCUT2D eigenvalue weighted by Gasteiger charge is 2.44. The van der Waals surface area contributed by atoms with Crippen LogP contribution in [-0.4, -0.2) is 75.4 Å². The molecule has 1 aliphatic heterocycles. The molecule has 0 amide bonds. The van der Waals surface area contributed by atoms with Gasteiger partial charge in [-0.3, -0.25) is 0 Å². The Bertz CT molecular complexity index is 242. The smallest absolute Gasteiger partial charge is 0.329 e. The van der Waals surface area contributed by atoms with Crippen LogP contribution >= 0.6 is 0 Å². The summed E-state index contributed by atoms with van der Waals surface area (Å²) in [4.78, 5) is 10.2. The molecule has 0 bridgehead atoms. The third kappa shape index (κ3) is 2.88. The molecule has 0 aromatic rings. The van der Waals surface area contributed by atoms with Gasteiger partial charge in [0.25, 0.3) is 0 Å². The van der Waals surface area contributed by atoms with E-state index in [9.17, 15) is 20.1 Å². The van der Waals surface area contributed by atoms with Crippen LogP contribution in [0.4, 0.5) is 0 Å². The molecule has 5 atom stereocenters. The van der Waals surface area contributed by atoms with E-state index < -0.39 is 49.9 Å². The summed E-state index contributed by atoms with van der Waals surface area (Å²) in [7, 11) is 0. The standard InChI is InChI=1S/C8H14O8/c9-1-3-5(12)6(13)7(14)8(16-3)15-2-4(10)11/h3,5-9,12-14H,1-2H2,(H,10,11)/t3?,5-,6+,7?,8?/m1/s1. The summed E-state index contributed by atoms with van der Waals surface area (Å²) in [6, 6.07) is 0. The lowest BCUT2D eigenvalue weighted by atomic mass is 9.99. The van der Waals surface area contributed by atoms with E-state index in [0.29, 0.717) is 0 Å². The summed E-state index contributed by atoms with van der Waals surface area (Å²) >= 11 is 0. The zero-order chi connectivity index (χ0) is 12.3. The van der Waals surface area contributed by atoms with Crippen molar-refractivity contribution >= 4 is 5.97 Å². The monoisotopic (exact) mass is 238 g/mol. The molecule has 0 spiro atoms. The predicted molar refractivity (Wildman–Crippen MR) is 47.4 cm³/mol. The topological polar surface area (TPSA) is 137 Å². The van der Waals surface area contributed by atoms with Gasteiger partial charge in [-0.05, 0) is 0 Å². The number of aliphatic hydroxyl groups is 4. The normalized spacial score (nSPS) is 39.6. The maximum absolute atomic E-state index is 10.2. The van der Waals surface area contributed by atoms with Gasteiger partial charge in [-0.2, -0.15) is 0 Å². The molecule has 94 valence electrons. The molecule has 1 aliphatic rings. The lowest BCUT2D eigenvalue weighted by Crippen LogP contribution is -2.59. The summed E-state index contributed by atoms with van der Waals surface area (Å²) in [6.45, 7) is -1.30. The average molecular weight is 238 g/mol. The van der Waals surface area contributed by atoms with Gasteiger partial charge in [0.1, 0.15) is 31.0 Å². The van der Waals surface area contributed by atoms with E-state index in [0.717, 1.165) is 0 Å². The Morgan fingerprint density at radius 2 is 1.81 bits per heavy atom. The largest absolute Gasteiger partial charge is 0.480 e. The summed E-state index contributed by atoms with van der Waals surface area (Å²) in [5.41, 5.74) is 0. The Morgan fingerprint density at radius 3 is 2.31 bits per heavy atom. The van der Waals surface area contributed by atoms with Crippen LogP contribution in [0, 0.1) is 0 Å². The van der Waals surface area contributed by atoms with E-state index in [1.165, 1.54) is 0 Å². The Balaban J connectivity index is 2.60. The Morgan fingerprint density at radius 1 is 1.19 bits per heavy atom. The van der Waals surface area contributed by atoms with Crippen LogP contribution in [0.5, 0.6) is 0 Å². The van der Waals surface area contributed by atoms with Crippen molar-refractivity contribution in [2.75, 3.05) is 13.2 Å². The van der Waals surface area contributed by atoms with E-state index in [1.807, 2.05) is 0 Å². The summed E-state index contributed by atoms with van der Waals surface area (Å²) < 4.78 is 9.54. The van der Waals surface area contributed by atoms with E-state index in [2.05, 4.69) is 4.74 Å². The first-order chi connectivity index (χ1) is 7.47. The van der Waals surface area contributed by atoms with Gasteiger partial charge in [-0.15, -0.1) is 0 Å². The predicted octanol–water partition coefficient (Wildman–Crippen LogP) is -3.11. The van der Waals surface area contributed by atoms with Crippen molar-refractivity contribution in [3.63, 3.8) is 0 Å². The molecule has 0 radical (unpaired) electrons. The minimum Gasteiger partial charge on any atom is -0.480 e. The Kier molecular flexibility index (Phi) is 4.59. The van der Waals surface area contributed by atoms with Gasteiger partial charge in [0.2, 0.25) is 0 Å². The zero-order valence-electron chi connectivity index (χ0n) is 8.26. The number of aliphatic carboxylic acids is 1. The van der Waals surface area contributed by atoms with Crippen molar-refractivity contribution in [1.29, 1.82) is 0 Å². The van der Waals surface area contributed by atoms with Crippen LogP contribution in [0.15, 0.2) is 0 Å². The average Bonchev–Trinajstić information content (AvgIpc) is 2.25. The Labute approximate surface area is 90.6 Å². The van der Waals surface area contributed by atoms with Crippen molar-refractivity contribution in [2.45, 2.75) is 30.7 Å². The maximum Gasteiger partial charge on any atom is 0.329 e. The number of hydrogen-bond acceptors (Lipinski definition) is 7. The van der Waals surface area contributed by atoms with Crippen molar-refractivity contribution in [2.24, 2.45) is 0 Å². The van der Waals surface area contributed by atoms with E-state index in [4.69, 9.17) is 14.9 Å². The van der Waals surface area contributed by atoms with E-state index in [1.54, 1.807) is 0 Å². The maximum atomic E-state index is 10.2. The third-order valence-electron chi connectivity index (χ3n) is 2.22. The van der Waals surface area contributed by atoms with Crippen LogP contribution in [0.25, 0.3) is 0 Å². The number of rotatable bonds is 4. The van der Waals surface area contributed by atoms with Crippen LogP contribution in [0.2, 0.25) is 0 Å². The summed E-state index contributed by atoms with van der Waals surface area (Å²) in [6.07, 6.45) is -7.12. The number of aliphatic hydroxyl groups excluding tert-OH is 4. The number of hydrogen-bond donors (Lipinski definition) is 5. The SMILES string of the molecule is O=C(O)COC1OC(CO)[C@@H](O)[C@H](O)C1O. The van der Waals surface area contributed by atoms with Gasteiger partial charge in [0.15, 0.2) is 6.29 Å². The van der Waals surface area contributed by atoms with Gasteiger partial charge >= 0.3 is 5.97 Å². The minimum absolute atomic E-state index is 0.585. The van der Waals surface area contributed by atoms with Crippen LogP contribution in [-0.2, 0) is 14.3 Å². The van der Waals surface area contributed by atoms with Crippen molar-refractivity contribution in [3.8, 4) is 0 Å². The fraction of sp³-hybridized carbons (Fsp3) is 0.875. The fourth-order valence-corrected chi connectivity index (χ4v) is 1.36. The first kappa shape index (κ1) is 13.3. The first-order valence-electron chi connectivity index (χ1n) is 4.61. The highest BCUT2D eigenvalue weighted by molar-refractivity contribution is 5.68. The Hall–Kier alpha value is -0.770. The second-order valence-corrected chi connectivity index (χ2v) is 3.40. The van der Waals surface area contributed by atoms with Gasteiger partial charge in [0.05, 0.1) is 6.61 Å². The minimum atomic E-state index is -1.57. The molecule has 0 aromatic carbocycles. The highest BCUT2D eigenvalue weighted by Crippen LogP contribution is 2.21. The zero-order valence-corrected chi connectivity index (χ0v) is 8.26. The molecule has 5 N–H and O–H groups in total. The molecule has 1 heterocycles. The lowest BCUT2D eigenvalue weighted by molar-refractivity contribution is -0.300. The second-order valence-electron chi connectivity index (χ2n) is 3.40. The molecule has 1 saturated heterocycles. The molecular weight excluding hydrogens is 224 g/mol. The third-order valence-corrected chi connectivity index (χ3v) is 2.22. The molecule has 3 unspecified atom stereocenters. The molecule has 1 fully saturated rings. The first-order valence-corrected chi connectivity index (χ1v) is 4.61. The lowest BCUT2D eigenvalue weighted by Gasteiger charge is -2.39. The van der Waals surface area contributed by atoms with Crippen molar-refractivity contribution in [1.82, 2.24) is 0 Å². The van der Waals surface area contributed by atoms with Gasteiger partial charge in [-0.25, -0.2) is 4.79 Å². The molecular formula is C8H14O8. The molecule has 8 nitrogen and oxygen atoms in total. The number of ether oxygens (including phenoxy) is 2. The van der Waals surface area contributed by atoms with Crippen molar-refractivity contribution in [3.05, 3.63) is 0 Å². The van der Waals surface area contributed by atoms with Crippen LogP contribution in [0.3, 0.4) is 0 Å². The van der Waals surface area contributed by atoms with Crippen molar-refractivity contribution < 1.29 is 39.8 Å². The van der Waals surface area contributed by atoms with E-state index in [-0.39, 0.29) is 0 Å². The molecule has 16 heavy (non-hydrogen) atoms. The van der Waals surface area contributed by atoms with Crippen LogP contribution < -0.4 is 0 Å². The van der Waals surface area contributed by atoms with Gasteiger partial charge < -0.3 is 35.0 Å². The van der Waals surface area contributed by atoms with E-state index >= 15 is 0 Å². The molecule has 0 saturated carbocycles. The summed E-state index contributed by atoms with van der Waals surface area (Å²) in [5, 5.41) is 45.3. The second kappa shape index (κ2) is 5.53. The molecule has 1 rings (SSSR count). The number of carboxylic acid groups (broad SMARTS) is 1. The highest BCUT2D eigenvalue weighted by atomic mass is 16.7. The summed E-state index contributed by atoms with van der Waals surface area (Å²) in [5.74, 6) is -1.27. The molecule has 0 aliphatic carbocycles. The molecule has 8 heteroatoms. The van der Waals surface area contributed by atoms with Crippen LogP contribution in [0.1, 0.15) is 0 Å². The fourth-order valence-electron chi connectivity index (χ4n) is 1.36.